The Kier molecular flexibility index (Phi) is 6.46. The maximum atomic E-state index is 14.1. The molecule has 1 aliphatic heterocycles. The third-order valence-corrected chi connectivity index (χ3v) is 6.12. The highest BCUT2D eigenvalue weighted by Gasteiger charge is 2.39. The molecule has 4 aromatic carbocycles. The monoisotopic (exact) mass is 553 g/mol. The van der Waals surface area contributed by atoms with Gasteiger partial charge >= 0.3 is 12.1 Å². The van der Waals surface area contributed by atoms with Crippen LogP contribution in [0.15, 0.2) is 84.0 Å². The second-order valence-corrected chi connectivity index (χ2v) is 8.62. The summed E-state index contributed by atoms with van der Waals surface area (Å²) in [6, 6.07) is 15.4. The Balaban J connectivity index is 1.54. The number of fused-ring (bicyclic) bond motifs is 1. The van der Waals surface area contributed by atoms with Gasteiger partial charge in [-0.15, -0.1) is 0 Å². The van der Waals surface area contributed by atoms with Gasteiger partial charge in [-0.1, -0.05) is 24.3 Å². The number of carbonyl (C=O) groups is 2. The summed E-state index contributed by atoms with van der Waals surface area (Å²) in [4.78, 5) is 25.5. The summed E-state index contributed by atoms with van der Waals surface area (Å²) in [5.41, 5.74) is 0.787. The lowest BCUT2D eigenvalue weighted by atomic mass is 10.0. The molecule has 0 saturated heterocycles. The Morgan fingerprint density at radius 1 is 0.900 bits per heavy atom. The molecule has 12 heteroatoms. The summed E-state index contributed by atoms with van der Waals surface area (Å²) in [6.07, 6.45) is -5.03. The number of hydrogen-bond acceptors (Lipinski definition) is 5. The molecule has 4 aromatic rings. The van der Waals surface area contributed by atoms with Crippen LogP contribution in [0.1, 0.15) is 21.5 Å². The first-order chi connectivity index (χ1) is 19.0. The largest absolute Gasteiger partial charge is 0.505 e. The fourth-order valence-electron chi connectivity index (χ4n) is 4.26. The van der Waals surface area contributed by atoms with Crippen LogP contribution >= 0.6 is 0 Å². The lowest BCUT2D eigenvalue weighted by Crippen LogP contribution is -2.26. The van der Waals surface area contributed by atoms with Gasteiger partial charge in [0.1, 0.15) is 17.4 Å². The van der Waals surface area contributed by atoms with Crippen molar-refractivity contribution >= 4 is 34.7 Å². The molecule has 0 saturated carbocycles. The molecule has 5 rings (SSSR count). The average Bonchev–Trinajstić information content (AvgIpc) is 3.18. The Hall–Kier alpha value is -5.26. The molecule has 40 heavy (non-hydrogen) atoms. The van der Waals surface area contributed by atoms with Crippen LogP contribution < -0.4 is 10.3 Å². The van der Waals surface area contributed by atoms with Crippen LogP contribution in [0.2, 0.25) is 0 Å². The first-order valence-corrected chi connectivity index (χ1v) is 11.5. The van der Waals surface area contributed by atoms with Crippen molar-refractivity contribution in [1.82, 2.24) is 0 Å². The van der Waals surface area contributed by atoms with E-state index in [1.807, 2.05) is 0 Å². The van der Waals surface area contributed by atoms with E-state index in [4.69, 9.17) is 0 Å². The van der Waals surface area contributed by atoms with Gasteiger partial charge in [0.2, 0.25) is 0 Å². The smallest absolute Gasteiger partial charge is 0.419 e. The average molecular weight is 553 g/mol. The second kappa shape index (κ2) is 9.80. The molecule has 7 nitrogen and oxygen atoms in total. The number of hydrogen-bond donors (Lipinski definition) is 3. The first-order valence-electron chi connectivity index (χ1n) is 11.5. The van der Waals surface area contributed by atoms with Crippen LogP contribution in [-0.2, 0) is 11.0 Å². The normalized spacial score (nSPS) is 14.0. The molecular formula is C28H16F5N3O4. The quantitative estimate of drug-likeness (QED) is 0.148. The molecule has 0 fully saturated rings. The second-order valence-electron chi connectivity index (χ2n) is 8.62. The number of nitrogens with one attached hydrogen (secondary N) is 1. The van der Waals surface area contributed by atoms with E-state index in [0.29, 0.717) is 17.7 Å². The van der Waals surface area contributed by atoms with E-state index in [1.54, 1.807) is 6.07 Å². The molecule has 0 bridgehead atoms. The number of aromatic carboxylic acids is 1. The van der Waals surface area contributed by atoms with E-state index in [0.717, 1.165) is 23.1 Å². The molecule has 0 spiro atoms. The number of anilines is 3. The summed E-state index contributed by atoms with van der Waals surface area (Å²) < 4.78 is 68.0. The topological polar surface area (TPSA) is 102 Å². The molecule has 1 heterocycles. The Morgan fingerprint density at radius 2 is 1.65 bits per heavy atom. The van der Waals surface area contributed by atoms with Crippen molar-refractivity contribution in [3.63, 3.8) is 0 Å². The summed E-state index contributed by atoms with van der Waals surface area (Å²) >= 11 is 0. The lowest BCUT2D eigenvalue weighted by molar-refractivity contribution is -0.140. The number of aromatic hydroxyl groups is 1. The fraction of sp³-hybridized carbons (Fsp3) is 0.0357. The van der Waals surface area contributed by atoms with Crippen molar-refractivity contribution in [3.05, 3.63) is 107 Å². The fourth-order valence-corrected chi connectivity index (χ4v) is 4.26. The molecule has 0 radical (unpaired) electrons. The number of rotatable bonds is 5. The lowest BCUT2D eigenvalue weighted by Gasteiger charge is -2.19. The predicted octanol–water partition coefficient (Wildman–Crippen LogP) is 6.55. The molecule has 202 valence electrons. The van der Waals surface area contributed by atoms with E-state index >= 15 is 0 Å². The maximum Gasteiger partial charge on any atom is 0.419 e. The summed E-state index contributed by atoms with van der Waals surface area (Å²) in [5.74, 6) is -4.72. The molecule has 0 aliphatic carbocycles. The van der Waals surface area contributed by atoms with Crippen LogP contribution in [0.4, 0.5) is 39.0 Å². The Labute approximate surface area is 222 Å². The molecule has 0 unspecified atom stereocenters. The third-order valence-electron chi connectivity index (χ3n) is 6.12. The van der Waals surface area contributed by atoms with Crippen LogP contribution in [-0.4, -0.2) is 27.8 Å². The van der Waals surface area contributed by atoms with Gasteiger partial charge in [-0.3, -0.25) is 15.1 Å². The maximum absolute atomic E-state index is 14.1. The highest BCUT2D eigenvalue weighted by molar-refractivity contribution is 6.55. The highest BCUT2D eigenvalue weighted by atomic mass is 19.4. The zero-order valence-corrected chi connectivity index (χ0v) is 20.0. The SMILES string of the molecule is O=C(O)c1cccc(-c2cccc(N/N=C3\C(=O)N(c4ccc(F)c(C(F)(F)F)c4)c4ccc(F)cc43)c2O)c1. The van der Waals surface area contributed by atoms with Crippen molar-refractivity contribution in [2.75, 3.05) is 10.3 Å². The van der Waals surface area contributed by atoms with Crippen LogP contribution in [0, 0.1) is 11.6 Å². The number of para-hydroxylation sites is 1. The van der Waals surface area contributed by atoms with Crippen LogP contribution in [0.25, 0.3) is 11.1 Å². The van der Waals surface area contributed by atoms with Crippen molar-refractivity contribution in [1.29, 1.82) is 0 Å². The van der Waals surface area contributed by atoms with Gasteiger partial charge in [-0.25, -0.2) is 13.6 Å². The predicted molar refractivity (Wildman–Crippen MR) is 136 cm³/mol. The number of phenols is 1. The number of phenolic OH excluding ortho intramolecular Hbond substituents is 1. The van der Waals surface area contributed by atoms with Crippen molar-refractivity contribution in [3.8, 4) is 16.9 Å². The first kappa shape index (κ1) is 26.4. The van der Waals surface area contributed by atoms with Gasteiger partial charge in [0.05, 0.1) is 28.2 Å². The minimum atomic E-state index is -5.03. The molecular weight excluding hydrogens is 537 g/mol. The van der Waals surface area contributed by atoms with E-state index in [-0.39, 0.29) is 45.2 Å². The van der Waals surface area contributed by atoms with Crippen molar-refractivity contribution in [2.24, 2.45) is 5.10 Å². The number of amides is 1. The molecule has 1 aliphatic rings. The van der Waals surface area contributed by atoms with Gasteiger partial charge in [0.15, 0.2) is 5.71 Å². The number of benzene rings is 4. The van der Waals surface area contributed by atoms with Crippen molar-refractivity contribution in [2.45, 2.75) is 6.18 Å². The Morgan fingerprint density at radius 3 is 2.38 bits per heavy atom. The van der Waals surface area contributed by atoms with Crippen LogP contribution in [0.5, 0.6) is 5.75 Å². The molecule has 0 atom stereocenters. The zero-order valence-electron chi connectivity index (χ0n) is 20.0. The van der Waals surface area contributed by atoms with Gasteiger partial charge in [-0.05, 0) is 60.2 Å². The number of carbonyl (C=O) groups excluding carboxylic acids is 1. The Bertz CT molecular complexity index is 1720. The number of halogens is 5. The van der Waals surface area contributed by atoms with Gasteiger partial charge in [0.25, 0.3) is 5.91 Å². The third kappa shape index (κ3) is 4.70. The van der Waals surface area contributed by atoms with Gasteiger partial charge < -0.3 is 10.2 Å². The van der Waals surface area contributed by atoms with Gasteiger partial charge in [-0.2, -0.15) is 18.3 Å². The number of carboxylic acid groups (broad SMARTS) is 1. The summed E-state index contributed by atoms with van der Waals surface area (Å²) in [5, 5.41) is 24.1. The van der Waals surface area contributed by atoms with E-state index in [9.17, 15) is 41.8 Å². The standard InChI is InChI=1S/C28H16F5N3O4/c29-16-7-10-23-19(12-16)24(26(38)36(23)17-8-9-21(30)20(13-17)28(31,32)33)35-34-22-6-2-5-18(25(22)37)14-3-1-4-15(11-14)27(39)40/h1-13,34,37H,(H,39,40)/b35-24-. The van der Waals surface area contributed by atoms with E-state index in [1.165, 1.54) is 42.5 Å². The van der Waals surface area contributed by atoms with Gasteiger partial charge in [0, 0.05) is 11.1 Å². The molecule has 1 amide bonds. The number of alkyl halides is 3. The minimum Gasteiger partial charge on any atom is -0.505 e. The molecule has 3 N–H and O–H groups in total. The van der Waals surface area contributed by atoms with E-state index in [2.05, 4.69) is 10.5 Å². The van der Waals surface area contributed by atoms with E-state index < -0.39 is 35.3 Å². The number of carboxylic acids is 1. The highest BCUT2D eigenvalue weighted by Crippen LogP contribution is 2.40. The minimum absolute atomic E-state index is 0.00364. The number of hydrazone groups is 1. The summed E-state index contributed by atoms with van der Waals surface area (Å²) in [6.45, 7) is 0. The van der Waals surface area contributed by atoms with Crippen molar-refractivity contribution < 1.29 is 41.8 Å². The zero-order chi connectivity index (χ0) is 28.8. The molecule has 0 aromatic heterocycles. The number of nitrogens with zero attached hydrogens (tertiary/aromatic N) is 2. The van der Waals surface area contributed by atoms with Crippen LogP contribution in [0.3, 0.4) is 0 Å². The summed E-state index contributed by atoms with van der Waals surface area (Å²) in [7, 11) is 0.